The highest BCUT2D eigenvalue weighted by molar-refractivity contribution is 6.62. The molecule has 1 aliphatic heterocycles. The summed E-state index contributed by atoms with van der Waals surface area (Å²) in [6.45, 7) is 12.5. The Bertz CT molecular complexity index is 427. The summed E-state index contributed by atoms with van der Waals surface area (Å²) in [5.74, 6) is 0.410. The minimum atomic E-state index is -0.296. The molecule has 0 unspecified atom stereocenters. The molecule has 0 atom stereocenters. The Hall–Kier alpha value is -0.865. The van der Waals surface area contributed by atoms with Crippen molar-refractivity contribution in [3.8, 4) is 0 Å². The van der Waals surface area contributed by atoms with Crippen LogP contribution < -0.4 is 5.46 Å². The first-order valence-corrected chi connectivity index (χ1v) is 6.54. The first-order valence-electron chi connectivity index (χ1n) is 6.54. The number of nitrogens with zero attached hydrogens (tertiary/aromatic N) is 1. The van der Waals surface area contributed by atoms with Crippen LogP contribution in [0.3, 0.4) is 0 Å². The molecule has 0 amide bonds. The van der Waals surface area contributed by atoms with Gasteiger partial charge in [0.1, 0.15) is 0 Å². The van der Waals surface area contributed by atoms with Crippen LogP contribution >= 0.6 is 0 Å². The van der Waals surface area contributed by atoms with Crippen LogP contribution in [-0.2, 0) is 9.31 Å². The molecule has 1 aromatic rings. The van der Waals surface area contributed by atoms with Crippen molar-refractivity contribution in [1.29, 1.82) is 0 Å². The SMILES string of the molecule is CC(C)c1cc(B2OC(C)(C)C(C)(C)O2)ccn1. The van der Waals surface area contributed by atoms with Crippen molar-refractivity contribution in [1.82, 2.24) is 4.98 Å². The summed E-state index contributed by atoms with van der Waals surface area (Å²) < 4.78 is 12.1. The molecule has 0 aliphatic carbocycles. The lowest BCUT2D eigenvalue weighted by Crippen LogP contribution is -2.41. The van der Waals surface area contributed by atoms with Crippen LogP contribution in [0.1, 0.15) is 53.2 Å². The zero-order valence-corrected chi connectivity index (χ0v) is 12.2. The van der Waals surface area contributed by atoms with Crippen molar-refractivity contribution < 1.29 is 9.31 Å². The van der Waals surface area contributed by atoms with Crippen molar-refractivity contribution >= 4 is 12.6 Å². The van der Waals surface area contributed by atoms with Crippen LogP contribution in [0.4, 0.5) is 0 Å². The standard InChI is InChI=1S/C14H22BNO2/c1-10(2)12-9-11(7-8-16-12)15-17-13(3,4)14(5,6)18-15/h7-10H,1-6H3. The molecule has 0 N–H and O–H groups in total. The van der Waals surface area contributed by atoms with E-state index in [4.69, 9.17) is 9.31 Å². The van der Waals surface area contributed by atoms with Gasteiger partial charge in [-0.25, -0.2) is 0 Å². The Balaban J connectivity index is 2.27. The highest BCUT2D eigenvalue weighted by Crippen LogP contribution is 2.36. The fraction of sp³-hybridized carbons (Fsp3) is 0.643. The van der Waals surface area contributed by atoms with Crippen LogP contribution in [0.25, 0.3) is 0 Å². The van der Waals surface area contributed by atoms with Crippen LogP contribution in [0.5, 0.6) is 0 Å². The highest BCUT2D eigenvalue weighted by atomic mass is 16.7. The third kappa shape index (κ3) is 2.32. The number of rotatable bonds is 2. The van der Waals surface area contributed by atoms with E-state index < -0.39 is 0 Å². The molecule has 0 spiro atoms. The number of aromatic nitrogens is 1. The minimum Gasteiger partial charge on any atom is -0.399 e. The summed E-state index contributed by atoms with van der Waals surface area (Å²) >= 11 is 0. The van der Waals surface area contributed by atoms with E-state index in [9.17, 15) is 0 Å². The Kier molecular flexibility index (Phi) is 3.28. The Morgan fingerprint density at radius 2 is 1.67 bits per heavy atom. The number of hydrogen-bond donors (Lipinski definition) is 0. The predicted molar refractivity (Wildman–Crippen MR) is 74.0 cm³/mol. The van der Waals surface area contributed by atoms with Crippen molar-refractivity contribution in [2.24, 2.45) is 0 Å². The van der Waals surface area contributed by atoms with Gasteiger partial charge in [-0.3, -0.25) is 4.98 Å². The maximum atomic E-state index is 6.03. The molecule has 0 aromatic carbocycles. The molecule has 98 valence electrons. The Morgan fingerprint density at radius 1 is 1.11 bits per heavy atom. The fourth-order valence-electron chi connectivity index (χ4n) is 1.91. The van der Waals surface area contributed by atoms with Crippen LogP contribution in [0, 0.1) is 0 Å². The van der Waals surface area contributed by atoms with Crippen molar-refractivity contribution in [2.75, 3.05) is 0 Å². The molecule has 1 saturated heterocycles. The maximum absolute atomic E-state index is 6.03. The van der Waals surface area contributed by atoms with Gasteiger partial charge in [0.25, 0.3) is 0 Å². The summed E-state index contributed by atoms with van der Waals surface area (Å²) in [4.78, 5) is 4.37. The highest BCUT2D eigenvalue weighted by Gasteiger charge is 2.51. The maximum Gasteiger partial charge on any atom is 0.494 e. The van der Waals surface area contributed by atoms with Gasteiger partial charge in [-0.05, 0) is 51.2 Å². The van der Waals surface area contributed by atoms with Crippen molar-refractivity contribution in [3.05, 3.63) is 24.0 Å². The van der Waals surface area contributed by atoms with Gasteiger partial charge in [0, 0.05) is 11.9 Å². The molecule has 2 rings (SSSR count). The molecule has 0 radical (unpaired) electrons. The lowest BCUT2D eigenvalue weighted by atomic mass is 9.79. The lowest BCUT2D eigenvalue weighted by Gasteiger charge is -2.32. The minimum absolute atomic E-state index is 0.293. The summed E-state index contributed by atoms with van der Waals surface area (Å²) in [5, 5.41) is 0. The molecule has 2 heterocycles. The van der Waals surface area contributed by atoms with Gasteiger partial charge in [0.15, 0.2) is 0 Å². The Morgan fingerprint density at radius 3 is 2.17 bits per heavy atom. The van der Waals surface area contributed by atoms with E-state index in [0.29, 0.717) is 5.92 Å². The van der Waals surface area contributed by atoms with Gasteiger partial charge in [0.05, 0.1) is 11.2 Å². The van der Waals surface area contributed by atoms with E-state index in [1.807, 2.05) is 12.3 Å². The molecule has 4 heteroatoms. The molecule has 0 bridgehead atoms. The molecule has 1 aliphatic rings. The lowest BCUT2D eigenvalue weighted by molar-refractivity contribution is 0.00578. The van der Waals surface area contributed by atoms with Gasteiger partial charge >= 0.3 is 7.12 Å². The monoisotopic (exact) mass is 247 g/mol. The zero-order chi connectivity index (χ0) is 13.6. The number of hydrogen-bond acceptors (Lipinski definition) is 3. The second kappa shape index (κ2) is 4.35. The molecule has 18 heavy (non-hydrogen) atoms. The third-order valence-electron chi connectivity index (χ3n) is 3.92. The van der Waals surface area contributed by atoms with Gasteiger partial charge in [-0.2, -0.15) is 0 Å². The van der Waals surface area contributed by atoms with Gasteiger partial charge in [-0.15, -0.1) is 0 Å². The van der Waals surface area contributed by atoms with E-state index in [1.165, 1.54) is 0 Å². The van der Waals surface area contributed by atoms with Gasteiger partial charge in [-0.1, -0.05) is 13.8 Å². The molecule has 0 saturated carbocycles. The average Bonchev–Trinajstić information content (AvgIpc) is 2.48. The van der Waals surface area contributed by atoms with Gasteiger partial charge < -0.3 is 9.31 Å². The second-order valence-corrected chi connectivity index (χ2v) is 6.26. The Labute approximate surface area is 110 Å². The van der Waals surface area contributed by atoms with Gasteiger partial charge in [0.2, 0.25) is 0 Å². The topological polar surface area (TPSA) is 31.4 Å². The van der Waals surface area contributed by atoms with E-state index in [-0.39, 0.29) is 18.3 Å². The fourth-order valence-corrected chi connectivity index (χ4v) is 1.91. The zero-order valence-electron chi connectivity index (χ0n) is 12.2. The van der Waals surface area contributed by atoms with E-state index in [0.717, 1.165) is 11.2 Å². The number of pyridine rings is 1. The molecule has 1 fully saturated rings. The normalized spacial score (nSPS) is 21.6. The summed E-state index contributed by atoms with van der Waals surface area (Å²) in [5.41, 5.74) is 1.53. The average molecular weight is 247 g/mol. The third-order valence-corrected chi connectivity index (χ3v) is 3.92. The largest absolute Gasteiger partial charge is 0.494 e. The molecular weight excluding hydrogens is 225 g/mol. The van der Waals surface area contributed by atoms with Crippen LogP contribution in [-0.4, -0.2) is 23.3 Å². The summed E-state index contributed by atoms with van der Waals surface area (Å²) in [6.07, 6.45) is 1.83. The van der Waals surface area contributed by atoms with Crippen LogP contribution in [0.15, 0.2) is 18.3 Å². The van der Waals surface area contributed by atoms with E-state index >= 15 is 0 Å². The first-order chi connectivity index (χ1) is 8.23. The van der Waals surface area contributed by atoms with Crippen molar-refractivity contribution in [2.45, 2.75) is 58.7 Å². The smallest absolute Gasteiger partial charge is 0.399 e. The molecule has 3 nitrogen and oxygen atoms in total. The van der Waals surface area contributed by atoms with E-state index in [1.54, 1.807) is 0 Å². The quantitative estimate of drug-likeness (QED) is 0.752. The molecular formula is C14H22BNO2. The second-order valence-electron chi connectivity index (χ2n) is 6.26. The first kappa shape index (κ1) is 13.6. The molecule has 1 aromatic heterocycles. The predicted octanol–water partition coefficient (Wildman–Crippen LogP) is 2.50. The van der Waals surface area contributed by atoms with E-state index in [2.05, 4.69) is 52.6 Å². The summed E-state index contributed by atoms with van der Waals surface area (Å²) in [6, 6.07) is 4.04. The van der Waals surface area contributed by atoms with Crippen LogP contribution in [0.2, 0.25) is 0 Å². The summed E-state index contributed by atoms with van der Waals surface area (Å²) in [7, 11) is -0.296. The van der Waals surface area contributed by atoms with Crippen molar-refractivity contribution in [3.63, 3.8) is 0 Å².